The Balaban J connectivity index is 1.78. The number of fused-ring (bicyclic) bond motifs is 1. The lowest BCUT2D eigenvalue weighted by Crippen LogP contribution is -2.23. The third-order valence-corrected chi connectivity index (χ3v) is 3.60. The topological polar surface area (TPSA) is 57.6 Å². The first-order valence-electron chi connectivity index (χ1n) is 6.77. The Kier molecular flexibility index (Phi) is 3.82. The molecule has 19 heavy (non-hydrogen) atoms. The summed E-state index contributed by atoms with van der Waals surface area (Å²) in [6, 6.07) is 8.00. The molecule has 0 aliphatic carbocycles. The number of benzene rings is 1. The molecule has 1 saturated heterocycles. The highest BCUT2D eigenvalue weighted by atomic mass is 16.5. The van der Waals surface area contributed by atoms with E-state index in [1.54, 1.807) is 0 Å². The summed E-state index contributed by atoms with van der Waals surface area (Å²) in [6.45, 7) is 2.55. The quantitative estimate of drug-likeness (QED) is 0.919. The normalized spacial score (nSPS) is 17.1. The predicted octanol–water partition coefficient (Wildman–Crippen LogP) is 2.59. The van der Waals surface area contributed by atoms with Crippen molar-refractivity contribution in [2.75, 3.05) is 13.2 Å². The number of nitrogens with two attached hydrogens (primary N) is 1. The van der Waals surface area contributed by atoms with E-state index in [0.717, 1.165) is 48.3 Å². The smallest absolute Gasteiger partial charge is 0.134 e. The van der Waals surface area contributed by atoms with Gasteiger partial charge < -0.3 is 19.6 Å². The van der Waals surface area contributed by atoms with E-state index in [9.17, 15) is 0 Å². The number of rotatable bonds is 4. The van der Waals surface area contributed by atoms with E-state index in [0.29, 0.717) is 13.2 Å². The summed E-state index contributed by atoms with van der Waals surface area (Å²) in [7, 11) is 0. The summed E-state index contributed by atoms with van der Waals surface area (Å²) in [5, 5.41) is 1.11. The molecule has 0 spiro atoms. The van der Waals surface area contributed by atoms with Crippen molar-refractivity contribution >= 4 is 11.0 Å². The molecule has 4 nitrogen and oxygen atoms in total. The van der Waals surface area contributed by atoms with E-state index < -0.39 is 0 Å². The van der Waals surface area contributed by atoms with E-state index in [-0.39, 0.29) is 6.10 Å². The standard InChI is InChI=1S/C15H19NO3/c16-9-15-13(10-18-11-5-7-17-8-6-11)12-3-1-2-4-14(12)19-15/h1-4,11H,5-10,16H2. The van der Waals surface area contributed by atoms with Crippen LogP contribution in [0.5, 0.6) is 0 Å². The number of hydrogen-bond donors (Lipinski definition) is 1. The highest BCUT2D eigenvalue weighted by molar-refractivity contribution is 5.82. The highest BCUT2D eigenvalue weighted by Gasteiger charge is 2.17. The van der Waals surface area contributed by atoms with Crippen molar-refractivity contribution in [1.29, 1.82) is 0 Å². The van der Waals surface area contributed by atoms with Crippen molar-refractivity contribution in [2.24, 2.45) is 5.73 Å². The van der Waals surface area contributed by atoms with Gasteiger partial charge in [0.15, 0.2) is 0 Å². The van der Waals surface area contributed by atoms with E-state index >= 15 is 0 Å². The molecule has 3 rings (SSSR count). The Bertz CT molecular complexity index is 543. The van der Waals surface area contributed by atoms with Gasteiger partial charge in [-0.25, -0.2) is 0 Å². The van der Waals surface area contributed by atoms with Crippen molar-refractivity contribution in [2.45, 2.75) is 32.1 Å². The number of ether oxygens (including phenoxy) is 2. The molecule has 1 aromatic heterocycles. The Labute approximate surface area is 112 Å². The summed E-state index contributed by atoms with van der Waals surface area (Å²) in [4.78, 5) is 0. The van der Waals surface area contributed by atoms with Gasteiger partial charge >= 0.3 is 0 Å². The Morgan fingerprint density at radius 3 is 2.79 bits per heavy atom. The molecular weight excluding hydrogens is 242 g/mol. The zero-order chi connectivity index (χ0) is 13.1. The largest absolute Gasteiger partial charge is 0.459 e. The van der Waals surface area contributed by atoms with Crippen LogP contribution in [0.15, 0.2) is 28.7 Å². The van der Waals surface area contributed by atoms with Crippen LogP contribution in [0, 0.1) is 0 Å². The monoisotopic (exact) mass is 261 g/mol. The minimum absolute atomic E-state index is 0.285. The summed E-state index contributed by atoms with van der Waals surface area (Å²) in [5.41, 5.74) is 7.72. The Hall–Kier alpha value is -1.36. The van der Waals surface area contributed by atoms with Crippen LogP contribution in [-0.4, -0.2) is 19.3 Å². The van der Waals surface area contributed by atoms with Gasteiger partial charge in [0.05, 0.1) is 19.3 Å². The SMILES string of the molecule is NCc1oc2ccccc2c1COC1CCOCC1. The van der Waals surface area contributed by atoms with Crippen LogP contribution in [0.1, 0.15) is 24.2 Å². The molecule has 0 radical (unpaired) electrons. The molecule has 4 heteroatoms. The summed E-state index contributed by atoms with van der Waals surface area (Å²) in [5.74, 6) is 0.827. The molecule has 1 aliphatic heterocycles. The van der Waals surface area contributed by atoms with Crippen molar-refractivity contribution in [3.63, 3.8) is 0 Å². The van der Waals surface area contributed by atoms with Crippen molar-refractivity contribution in [3.05, 3.63) is 35.6 Å². The fraction of sp³-hybridized carbons (Fsp3) is 0.467. The van der Waals surface area contributed by atoms with E-state index in [2.05, 4.69) is 6.07 Å². The Morgan fingerprint density at radius 1 is 1.21 bits per heavy atom. The molecule has 2 aromatic rings. The number of para-hydroxylation sites is 1. The summed E-state index contributed by atoms with van der Waals surface area (Å²) in [6.07, 6.45) is 2.22. The predicted molar refractivity (Wildman–Crippen MR) is 72.7 cm³/mol. The molecular formula is C15H19NO3. The molecule has 102 valence electrons. The third kappa shape index (κ3) is 2.66. The maximum atomic E-state index is 5.98. The molecule has 0 bridgehead atoms. The number of furan rings is 1. The first-order chi connectivity index (χ1) is 9.38. The number of hydrogen-bond acceptors (Lipinski definition) is 4. The van der Waals surface area contributed by atoms with Gasteiger partial charge in [0, 0.05) is 24.2 Å². The minimum Gasteiger partial charge on any atom is -0.459 e. The van der Waals surface area contributed by atoms with Crippen LogP contribution in [-0.2, 0) is 22.6 Å². The lowest BCUT2D eigenvalue weighted by atomic mass is 10.1. The third-order valence-electron chi connectivity index (χ3n) is 3.60. The zero-order valence-corrected chi connectivity index (χ0v) is 10.9. The van der Waals surface area contributed by atoms with Gasteiger partial charge in [0.2, 0.25) is 0 Å². The van der Waals surface area contributed by atoms with Crippen LogP contribution >= 0.6 is 0 Å². The van der Waals surface area contributed by atoms with Crippen molar-refractivity contribution in [3.8, 4) is 0 Å². The first-order valence-corrected chi connectivity index (χ1v) is 6.77. The lowest BCUT2D eigenvalue weighted by molar-refractivity contribution is -0.0391. The van der Waals surface area contributed by atoms with Gasteiger partial charge in [0.25, 0.3) is 0 Å². The van der Waals surface area contributed by atoms with Crippen molar-refractivity contribution < 1.29 is 13.9 Å². The molecule has 0 amide bonds. The van der Waals surface area contributed by atoms with Gasteiger partial charge in [-0.3, -0.25) is 0 Å². The summed E-state index contributed by atoms with van der Waals surface area (Å²) >= 11 is 0. The molecule has 1 aromatic carbocycles. The van der Waals surface area contributed by atoms with Crippen molar-refractivity contribution in [1.82, 2.24) is 0 Å². The van der Waals surface area contributed by atoms with E-state index in [1.807, 2.05) is 18.2 Å². The van der Waals surface area contributed by atoms with Gasteiger partial charge in [-0.05, 0) is 18.9 Å². The lowest BCUT2D eigenvalue weighted by Gasteiger charge is -2.22. The van der Waals surface area contributed by atoms with Gasteiger partial charge in [-0.1, -0.05) is 18.2 Å². The molecule has 0 unspecified atom stereocenters. The average Bonchev–Trinajstić information content (AvgIpc) is 2.84. The first kappa shape index (κ1) is 12.7. The maximum Gasteiger partial charge on any atom is 0.134 e. The van der Waals surface area contributed by atoms with Crippen LogP contribution in [0.2, 0.25) is 0 Å². The van der Waals surface area contributed by atoms with Crippen LogP contribution in [0.4, 0.5) is 0 Å². The molecule has 1 aliphatic rings. The van der Waals surface area contributed by atoms with E-state index in [4.69, 9.17) is 19.6 Å². The van der Waals surface area contributed by atoms with Crippen LogP contribution < -0.4 is 5.73 Å². The fourth-order valence-corrected chi connectivity index (χ4v) is 2.52. The molecule has 2 heterocycles. The van der Waals surface area contributed by atoms with Crippen LogP contribution in [0.25, 0.3) is 11.0 Å². The summed E-state index contributed by atoms with van der Waals surface area (Å²) < 4.78 is 17.1. The molecule has 1 fully saturated rings. The van der Waals surface area contributed by atoms with Crippen LogP contribution in [0.3, 0.4) is 0 Å². The zero-order valence-electron chi connectivity index (χ0n) is 10.9. The second-order valence-electron chi connectivity index (χ2n) is 4.83. The molecule has 2 N–H and O–H groups in total. The molecule has 0 saturated carbocycles. The second-order valence-corrected chi connectivity index (χ2v) is 4.83. The second kappa shape index (κ2) is 5.74. The minimum atomic E-state index is 0.285. The fourth-order valence-electron chi connectivity index (χ4n) is 2.52. The highest BCUT2D eigenvalue weighted by Crippen LogP contribution is 2.27. The van der Waals surface area contributed by atoms with Gasteiger partial charge in [-0.15, -0.1) is 0 Å². The Morgan fingerprint density at radius 2 is 2.00 bits per heavy atom. The average molecular weight is 261 g/mol. The van der Waals surface area contributed by atoms with Gasteiger partial charge in [-0.2, -0.15) is 0 Å². The van der Waals surface area contributed by atoms with Gasteiger partial charge in [0.1, 0.15) is 11.3 Å². The maximum absolute atomic E-state index is 5.98. The molecule has 0 atom stereocenters. The van der Waals surface area contributed by atoms with E-state index in [1.165, 1.54) is 0 Å².